The van der Waals surface area contributed by atoms with E-state index in [9.17, 15) is 9.90 Å². The summed E-state index contributed by atoms with van der Waals surface area (Å²) in [6.45, 7) is 7.21. The topological polar surface area (TPSA) is 46.5 Å². The molecule has 1 aliphatic rings. The maximum atomic E-state index is 11.7. The molecule has 0 saturated heterocycles. The lowest BCUT2D eigenvalue weighted by atomic mass is 9.91. The van der Waals surface area contributed by atoms with Crippen molar-refractivity contribution in [3.05, 3.63) is 11.3 Å². The molecule has 0 aromatic rings. The molecule has 0 radical (unpaired) electrons. The number of allylic oxidation sites excluding steroid dienone is 1. The molecule has 3 heteroatoms. The van der Waals surface area contributed by atoms with Crippen molar-refractivity contribution in [1.82, 2.24) is 0 Å². The van der Waals surface area contributed by atoms with E-state index in [1.54, 1.807) is 13.8 Å². The van der Waals surface area contributed by atoms with Crippen molar-refractivity contribution in [2.45, 2.75) is 46.3 Å². The maximum Gasteiger partial charge on any atom is 0.168 e. The normalized spacial score (nSPS) is 30.2. The van der Waals surface area contributed by atoms with E-state index in [1.807, 2.05) is 13.8 Å². The Balaban J connectivity index is 2.88. The standard InChI is InChI=1S/C11H18O3/c1-6(12)5-10-8(3)11(13)7(2)9(4)14-10/h6-7,9,12H,5H2,1-4H3. The average molecular weight is 198 g/mol. The summed E-state index contributed by atoms with van der Waals surface area (Å²) in [5.74, 6) is 0.711. The summed E-state index contributed by atoms with van der Waals surface area (Å²) in [5, 5.41) is 9.24. The number of carbonyl (C=O) groups excluding carboxylic acids is 1. The molecule has 3 unspecified atom stereocenters. The van der Waals surface area contributed by atoms with Crippen LogP contribution in [0.25, 0.3) is 0 Å². The van der Waals surface area contributed by atoms with E-state index >= 15 is 0 Å². The summed E-state index contributed by atoms with van der Waals surface area (Å²) in [5.41, 5.74) is 0.663. The molecule has 0 amide bonds. The van der Waals surface area contributed by atoms with Gasteiger partial charge < -0.3 is 9.84 Å². The van der Waals surface area contributed by atoms with Crippen molar-refractivity contribution in [2.75, 3.05) is 0 Å². The zero-order valence-electron chi connectivity index (χ0n) is 9.20. The Hall–Kier alpha value is -0.830. The van der Waals surface area contributed by atoms with Crippen LogP contribution in [0.3, 0.4) is 0 Å². The number of rotatable bonds is 2. The summed E-state index contributed by atoms with van der Waals surface area (Å²) < 4.78 is 5.59. The van der Waals surface area contributed by atoms with Crippen molar-refractivity contribution in [3.63, 3.8) is 0 Å². The molecule has 1 N–H and O–H groups in total. The molecule has 1 rings (SSSR count). The number of Topliss-reactive ketones (excluding diaryl/α,β-unsaturated/α-hetero) is 1. The van der Waals surface area contributed by atoms with Gasteiger partial charge in [-0.05, 0) is 20.8 Å². The molecule has 0 saturated carbocycles. The van der Waals surface area contributed by atoms with Crippen LogP contribution in [0.1, 0.15) is 34.1 Å². The fraction of sp³-hybridized carbons (Fsp3) is 0.727. The fourth-order valence-electron chi connectivity index (χ4n) is 1.58. The summed E-state index contributed by atoms with van der Waals surface area (Å²) in [6.07, 6.45) is -0.123. The lowest BCUT2D eigenvalue weighted by molar-refractivity contribution is -0.124. The second-order valence-electron chi connectivity index (χ2n) is 4.08. The smallest absolute Gasteiger partial charge is 0.168 e. The number of aliphatic hydroxyl groups is 1. The molecule has 1 heterocycles. The van der Waals surface area contributed by atoms with Gasteiger partial charge in [0.1, 0.15) is 11.9 Å². The van der Waals surface area contributed by atoms with Gasteiger partial charge in [0.15, 0.2) is 5.78 Å². The summed E-state index contributed by atoms with van der Waals surface area (Å²) >= 11 is 0. The van der Waals surface area contributed by atoms with Crippen molar-refractivity contribution in [3.8, 4) is 0 Å². The summed E-state index contributed by atoms with van der Waals surface area (Å²) in [7, 11) is 0. The molecule has 1 aliphatic heterocycles. The predicted octanol–water partition coefficient (Wildman–Crippen LogP) is 1.66. The highest BCUT2D eigenvalue weighted by atomic mass is 16.5. The van der Waals surface area contributed by atoms with Crippen LogP contribution < -0.4 is 0 Å². The minimum Gasteiger partial charge on any atom is -0.494 e. The second-order valence-corrected chi connectivity index (χ2v) is 4.08. The molecule has 80 valence electrons. The highest BCUT2D eigenvalue weighted by Crippen LogP contribution is 2.27. The summed E-state index contributed by atoms with van der Waals surface area (Å²) in [6, 6.07) is 0. The van der Waals surface area contributed by atoms with Gasteiger partial charge in [-0.2, -0.15) is 0 Å². The van der Waals surface area contributed by atoms with Gasteiger partial charge in [-0.25, -0.2) is 0 Å². The molecule has 0 aromatic carbocycles. The molecule has 0 aromatic heterocycles. The largest absolute Gasteiger partial charge is 0.494 e. The van der Waals surface area contributed by atoms with Crippen LogP contribution in [-0.2, 0) is 9.53 Å². The van der Waals surface area contributed by atoms with Gasteiger partial charge in [0.05, 0.1) is 12.0 Å². The van der Waals surface area contributed by atoms with Crippen LogP contribution in [0.4, 0.5) is 0 Å². The Labute approximate surface area is 84.8 Å². The predicted molar refractivity (Wildman–Crippen MR) is 53.7 cm³/mol. The SMILES string of the molecule is CC1=C(CC(C)O)OC(C)C(C)C1=O. The lowest BCUT2D eigenvalue weighted by Gasteiger charge is -2.29. The number of aliphatic hydroxyl groups excluding tert-OH is 1. The van der Waals surface area contributed by atoms with Gasteiger partial charge in [0.2, 0.25) is 0 Å². The van der Waals surface area contributed by atoms with Gasteiger partial charge in [-0.15, -0.1) is 0 Å². The highest BCUT2D eigenvalue weighted by molar-refractivity contribution is 5.97. The number of ketones is 1. The van der Waals surface area contributed by atoms with Crippen LogP contribution in [0.2, 0.25) is 0 Å². The molecule has 0 fully saturated rings. The Morgan fingerprint density at radius 2 is 2.07 bits per heavy atom. The number of carbonyl (C=O) groups is 1. The van der Waals surface area contributed by atoms with Crippen molar-refractivity contribution in [1.29, 1.82) is 0 Å². The highest BCUT2D eigenvalue weighted by Gasteiger charge is 2.31. The Morgan fingerprint density at radius 3 is 2.57 bits per heavy atom. The third-order valence-electron chi connectivity index (χ3n) is 2.71. The van der Waals surface area contributed by atoms with Gasteiger partial charge in [-0.1, -0.05) is 6.92 Å². The monoisotopic (exact) mass is 198 g/mol. The molecular formula is C11H18O3. The minimum absolute atomic E-state index is 0.0762. The Kier molecular flexibility index (Phi) is 3.32. The summed E-state index contributed by atoms with van der Waals surface area (Å²) in [4.78, 5) is 11.7. The molecule has 0 spiro atoms. The lowest BCUT2D eigenvalue weighted by Crippen LogP contribution is -2.32. The van der Waals surface area contributed by atoms with Gasteiger partial charge >= 0.3 is 0 Å². The first-order chi connectivity index (χ1) is 6.43. The van der Waals surface area contributed by atoms with Gasteiger partial charge in [-0.3, -0.25) is 4.79 Å². The first-order valence-corrected chi connectivity index (χ1v) is 5.02. The molecular weight excluding hydrogens is 180 g/mol. The van der Waals surface area contributed by atoms with Gasteiger partial charge in [0.25, 0.3) is 0 Å². The molecule has 3 nitrogen and oxygen atoms in total. The first kappa shape index (κ1) is 11.2. The van der Waals surface area contributed by atoms with Crippen molar-refractivity contribution >= 4 is 5.78 Å². The Morgan fingerprint density at radius 1 is 1.50 bits per heavy atom. The van der Waals surface area contributed by atoms with Crippen molar-refractivity contribution < 1.29 is 14.6 Å². The molecule has 14 heavy (non-hydrogen) atoms. The Bertz CT molecular complexity index is 266. The third-order valence-corrected chi connectivity index (χ3v) is 2.71. The molecule has 3 atom stereocenters. The number of ether oxygens (including phenoxy) is 1. The number of hydrogen-bond acceptors (Lipinski definition) is 3. The molecule has 0 bridgehead atoms. The van der Waals surface area contributed by atoms with Crippen LogP contribution >= 0.6 is 0 Å². The average Bonchev–Trinajstić information content (AvgIpc) is 2.10. The van der Waals surface area contributed by atoms with E-state index < -0.39 is 6.10 Å². The molecule has 0 aliphatic carbocycles. The van der Waals surface area contributed by atoms with E-state index in [-0.39, 0.29) is 17.8 Å². The van der Waals surface area contributed by atoms with E-state index in [0.29, 0.717) is 17.8 Å². The minimum atomic E-state index is -0.464. The zero-order valence-corrected chi connectivity index (χ0v) is 9.20. The zero-order chi connectivity index (χ0) is 10.9. The maximum absolute atomic E-state index is 11.7. The van der Waals surface area contributed by atoms with E-state index in [1.165, 1.54) is 0 Å². The first-order valence-electron chi connectivity index (χ1n) is 5.02. The van der Waals surface area contributed by atoms with Crippen LogP contribution in [0, 0.1) is 5.92 Å². The van der Waals surface area contributed by atoms with Gasteiger partial charge in [0, 0.05) is 12.0 Å². The van der Waals surface area contributed by atoms with Crippen molar-refractivity contribution in [2.24, 2.45) is 5.92 Å². The fourth-order valence-corrected chi connectivity index (χ4v) is 1.58. The van der Waals surface area contributed by atoms with E-state index in [2.05, 4.69) is 0 Å². The van der Waals surface area contributed by atoms with E-state index in [4.69, 9.17) is 4.74 Å². The van der Waals surface area contributed by atoms with Crippen LogP contribution in [0.5, 0.6) is 0 Å². The van der Waals surface area contributed by atoms with Crippen LogP contribution in [0.15, 0.2) is 11.3 Å². The second kappa shape index (κ2) is 4.13. The number of hydrogen-bond donors (Lipinski definition) is 1. The third kappa shape index (κ3) is 2.15. The quantitative estimate of drug-likeness (QED) is 0.734. The van der Waals surface area contributed by atoms with Crippen LogP contribution in [-0.4, -0.2) is 23.1 Å². The van der Waals surface area contributed by atoms with E-state index in [0.717, 1.165) is 0 Å².